The minimum Gasteiger partial charge on any atom is -0.493 e. The largest absolute Gasteiger partial charge is 0.493 e. The van der Waals surface area contributed by atoms with E-state index in [0.717, 1.165) is 124 Å². The highest BCUT2D eigenvalue weighted by Gasteiger charge is 2.27. The van der Waals surface area contributed by atoms with E-state index in [1.54, 1.807) is 0 Å². The Morgan fingerprint density at radius 2 is 0.563 bits per heavy atom. The third-order valence-corrected chi connectivity index (χ3v) is 14.7. The second kappa shape index (κ2) is 26.8. The molecule has 0 aliphatic rings. The minimum absolute atomic E-state index is 0.271. The molecule has 0 aliphatic carbocycles. The SMILES string of the molecule is CC(C)COc1ccc(N(c2ccc(OCC(C)C)cc2)c2ccc(-c3c4nc(-c5ccccc5)c(-c5ccccc5)nc4c(-c4ccc(N(c5ccc(OCC(C)C)cc5)c5ccc(OCC(C)C)cc5)cc4)c4nn(CC(C)C)nc34)cc2)cc1. The molecule has 0 spiro atoms. The van der Waals surface area contributed by atoms with Gasteiger partial charge in [-0.15, -0.1) is 0 Å². The molecular weight excluding hydrogens is 1070 g/mol. The minimum atomic E-state index is 0.271. The van der Waals surface area contributed by atoms with E-state index in [0.29, 0.717) is 56.6 Å². The molecule has 0 fully saturated rings. The molecule has 0 saturated heterocycles. The number of rotatable bonds is 24. The van der Waals surface area contributed by atoms with Crippen molar-refractivity contribution in [2.45, 2.75) is 75.8 Å². The summed E-state index contributed by atoms with van der Waals surface area (Å²) in [5, 5.41) is 10.9. The van der Waals surface area contributed by atoms with Crippen LogP contribution in [0.4, 0.5) is 34.1 Å². The average Bonchev–Trinajstić information content (AvgIpc) is 1.84. The monoisotopic (exact) mass is 1150 g/mol. The van der Waals surface area contributed by atoms with Crippen molar-refractivity contribution in [3.63, 3.8) is 0 Å². The van der Waals surface area contributed by atoms with Gasteiger partial charge < -0.3 is 28.7 Å². The maximum Gasteiger partial charge on any atom is 0.124 e. The summed E-state index contributed by atoms with van der Waals surface area (Å²) in [6.45, 7) is 24.8. The predicted molar refractivity (Wildman–Crippen MR) is 358 cm³/mol. The Morgan fingerprint density at radius 1 is 0.299 bits per heavy atom. The van der Waals surface area contributed by atoms with Crippen LogP contribution in [0.1, 0.15) is 69.2 Å². The fraction of sp³-hybridized carbons (Fsp3) is 0.263. The molecule has 11 aromatic rings. The first-order valence-corrected chi connectivity index (χ1v) is 30.7. The fourth-order valence-electron chi connectivity index (χ4n) is 10.5. The molecule has 0 saturated carbocycles. The van der Waals surface area contributed by atoms with Crippen LogP contribution in [0.25, 0.3) is 66.8 Å². The second-order valence-corrected chi connectivity index (χ2v) is 24.5. The maximum atomic E-state index is 6.15. The molecule has 11 rings (SSSR count). The molecule has 11 nitrogen and oxygen atoms in total. The van der Waals surface area contributed by atoms with Gasteiger partial charge in [-0.3, -0.25) is 0 Å². The van der Waals surface area contributed by atoms with E-state index in [1.165, 1.54) is 0 Å². The third-order valence-electron chi connectivity index (χ3n) is 14.7. The third kappa shape index (κ3) is 14.0. The lowest BCUT2D eigenvalue weighted by molar-refractivity contribution is 0.271. The Morgan fingerprint density at radius 3 is 0.816 bits per heavy atom. The summed E-state index contributed by atoms with van der Waals surface area (Å²) >= 11 is 0. The zero-order valence-electron chi connectivity index (χ0n) is 51.8. The molecule has 87 heavy (non-hydrogen) atoms. The first kappa shape index (κ1) is 59.3. The Kier molecular flexibility index (Phi) is 18.3. The van der Waals surface area contributed by atoms with Crippen LogP contribution >= 0.6 is 0 Å². The van der Waals surface area contributed by atoms with Crippen LogP contribution in [0.3, 0.4) is 0 Å². The summed E-state index contributed by atoms with van der Waals surface area (Å²) in [5.41, 5.74) is 15.8. The van der Waals surface area contributed by atoms with Crippen LogP contribution in [0.5, 0.6) is 23.0 Å². The Labute approximate surface area is 513 Å². The maximum absolute atomic E-state index is 6.15. The molecule has 0 unspecified atom stereocenters. The van der Waals surface area contributed by atoms with Gasteiger partial charge >= 0.3 is 0 Å². The van der Waals surface area contributed by atoms with Crippen LogP contribution in [0.15, 0.2) is 206 Å². The quantitative estimate of drug-likeness (QED) is 0.0581. The number of fused-ring (bicyclic) bond motifs is 2. The van der Waals surface area contributed by atoms with E-state index in [-0.39, 0.29) is 5.92 Å². The van der Waals surface area contributed by atoms with Crippen LogP contribution in [0, 0.1) is 29.6 Å². The molecule has 9 aromatic carbocycles. The molecular formula is C76H79N7O4. The van der Waals surface area contributed by atoms with Gasteiger partial charge in [0.1, 0.15) is 45.1 Å². The van der Waals surface area contributed by atoms with Gasteiger partial charge in [-0.05, 0) is 162 Å². The van der Waals surface area contributed by atoms with Crippen molar-refractivity contribution < 1.29 is 18.9 Å². The molecule has 0 aliphatic heterocycles. The van der Waals surface area contributed by atoms with Crippen LogP contribution < -0.4 is 28.7 Å². The highest BCUT2D eigenvalue weighted by Crippen LogP contribution is 2.46. The molecule has 2 heterocycles. The number of ether oxygens (including phenoxy) is 4. The summed E-state index contributed by atoms with van der Waals surface area (Å²) in [6.07, 6.45) is 0. The normalized spacial score (nSPS) is 11.6. The lowest BCUT2D eigenvalue weighted by Gasteiger charge is -2.26. The van der Waals surface area contributed by atoms with Gasteiger partial charge in [0.25, 0.3) is 0 Å². The summed E-state index contributed by atoms with van der Waals surface area (Å²) in [4.78, 5) is 18.0. The smallest absolute Gasteiger partial charge is 0.124 e. The van der Waals surface area contributed by atoms with E-state index in [2.05, 4.69) is 225 Å². The Bertz CT molecular complexity index is 3650. The zero-order valence-corrected chi connectivity index (χ0v) is 51.8. The van der Waals surface area contributed by atoms with Crippen molar-refractivity contribution in [1.29, 1.82) is 0 Å². The molecule has 0 radical (unpaired) electrons. The summed E-state index contributed by atoms with van der Waals surface area (Å²) in [6, 6.07) is 71.5. The topological polar surface area (TPSA) is 99.9 Å². The molecule has 0 N–H and O–H groups in total. The van der Waals surface area contributed by atoms with E-state index in [4.69, 9.17) is 39.1 Å². The first-order valence-electron chi connectivity index (χ1n) is 30.7. The second-order valence-electron chi connectivity index (χ2n) is 24.5. The van der Waals surface area contributed by atoms with Gasteiger partial charge in [0, 0.05) is 56.4 Å². The van der Waals surface area contributed by atoms with Crippen molar-refractivity contribution in [2.75, 3.05) is 36.2 Å². The van der Waals surface area contributed by atoms with Gasteiger partial charge in [0.2, 0.25) is 0 Å². The van der Waals surface area contributed by atoms with E-state index in [9.17, 15) is 0 Å². The van der Waals surface area contributed by atoms with Crippen molar-refractivity contribution in [2.24, 2.45) is 29.6 Å². The van der Waals surface area contributed by atoms with Crippen molar-refractivity contribution in [3.8, 4) is 67.8 Å². The highest BCUT2D eigenvalue weighted by atomic mass is 16.5. The highest BCUT2D eigenvalue weighted by molar-refractivity contribution is 6.17. The standard InChI is InChI=1S/C76H79N7O4/c1-50(2)45-81-79-75-69(55-21-25-59(26-22-55)82(61-29-37-65(38-30-61)84-46-51(3)4)62-31-39-66(40-32-62)85-47-52(5)6)73-74(78-72(58-19-15-12-16-20-58)71(77-73)57-17-13-11-14-18-57)70(76(75)80-81)56-23-27-60(28-24-56)83(63-33-41-67(42-34-63)86-48-53(7)8)64-35-43-68(44-36-64)87-49-54(9)10/h11-44,50-54H,45-49H2,1-10H3. The van der Waals surface area contributed by atoms with Crippen LogP contribution in [0.2, 0.25) is 0 Å². The number of aromatic nitrogens is 5. The van der Waals surface area contributed by atoms with E-state index < -0.39 is 0 Å². The van der Waals surface area contributed by atoms with Crippen LogP contribution in [-0.4, -0.2) is 51.4 Å². The molecule has 0 amide bonds. The molecule has 0 bridgehead atoms. The number of anilines is 6. The summed E-state index contributed by atoms with van der Waals surface area (Å²) in [5.74, 6) is 5.23. The van der Waals surface area contributed by atoms with Gasteiger partial charge in [-0.1, -0.05) is 154 Å². The molecule has 442 valence electrons. The number of hydrogen-bond donors (Lipinski definition) is 0. The van der Waals surface area contributed by atoms with Gasteiger partial charge in [0.05, 0.1) is 44.4 Å². The van der Waals surface area contributed by atoms with E-state index in [1.807, 2.05) is 65.5 Å². The number of nitrogens with zero attached hydrogens (tertiary/aromatic N) is 7. The Hall–Kier alpha value is -9.48. The summed E-state index contributed by atoms with van der Waals surface area (Å²) < 4.78 is 24.6. The van der Waals surface area contributed by atoms with Crippen molar-refractivity contribution in [1.82, 2.24) is 25.0 Å². The van der Waals surface area contributed by atoms with Crippen molar-refractivity contribution >= 4 is 56.2 Å². The number of hydrogen-bond acceptors (Lipinski definition) is 10. The molecule has 0 atom stereocenters. The molecule has 11 heteroatoms. The van der Waals surface area contributed by atoms with Crippen LogP contribution in [-0.2, 0) is 6.54 Å². The lowest BCUT2D eigenvalue weighted by atomic mass is 9.93. The van der Waals surface area contributed by atoms with E-state index >= 15 is 0 Å². The van der Waals surface area contributed by atoms with Crippen molar-refractivity contribution in [3.05, 3.63) is 206 Å². The fourth-order valence-corrected chi connectivity index (χ4v) is 10.5. The predicted octanol–water partition coefficient (Wildman–Crippen LogP) is 19.8. The number of benzene rings is 9. The zero-order chi connectivity index (χ0) is 60.6. The average molecular weight is 1150 g/mol. The Balaban J connectivity index is 1.09. The molecule has 2 aromatic heterocycles. The van der Waals surface area contributed by atoms with Gasteiger partial charge in [-0.2, -0.15) is 15.0 Å². The summed E-state index contributed by atoms with van der Waals surface area (Å²) in [7, 11) is 0. The van der Waals surface area contributed by atoms with Gasteiger partial charge in [-0.25, -0.2) is 9.97 Å². The van der Waals surface area contributed by atoms with Gasteiger partial charge in [0.15, 0.2) is 0 Å². The first-order chi connectivity index (χ1) is 42.2. The lowest BCUT2D eigenvalue weighted by Crippen LogP contribution is -2.10.